The lowest BCUT2D eigenvalue weighted by atomic mass is 10.2. The fourth-order valence-electron chi connectivity index (χ4n) is 1.78. The van der Waals surface area contributed by atoms with E-state index in [2.05, 4.69) is 0 Å². The first-order chi connectivity index (χ1) is 10.3. The van der Waals surface area contributed by atoms with Gasteiger partial charge in [-0.15, -0.1) is 0 Å². The van der Waals surface area contributed by atoms with E-state index in [0.29, 0.717) is 6.61 Å². The predicted molar refractivity (Wildman–Crippen MR) is 78.3 cm³/mol. The molecule has 0 fully saturated rings. The molecule has 1 unspecified atom stereocenters. The topological polar surface area (TPSA) is 44.8 Å². The number of hydrogen-bond acceptors (Lipinski definition) is 4. The Morgan fingerprint density at radius 1 is 0.905 bits per heavy atom. The van der Waals surface area contributed by atoms with Gasteiger partial charge in [-0.1, -0.05) is 60.7 Å². The van der Waals surface area contributed by atoms with Gasteiger partial charge in [-0.2, -0.15) is 0 Å². The summed E-state index contributed by atoms with van der Waals surface area (Å²) in [6.45, 7) is 0.494. The number of ether oxygens (including phenoxy) is 3. The molecule has 110 valence electrons. The Hall–Kier alpha value is -2.17. The highest BCUT2D eigenvalue weighted by molar-refractivity contribution is 5.73. The van der Waals surface area contributed by atoms with Crippen molar-refractivity contribution < 1.29 is 19.0 Å². The Kier molecular flexibility index (Phi) is 5.94. The highest BCUT2D eigenvalue weighted by atomic mass is 16.7. The van der Waals surface area contributed by atoms with Gasteiger partial charge < -0.3 is 14.2 Å². The molecule has 4 nitrogen and oxygen atoms in total. The van der Waals surface area contributed by atoms with Gasteiger partial charge in [-0.3, -0.25) is 0 Å². The number of rotatable bonds is 7. The van der Waals surface area contributed by atoms with Gasteiger partial charge in [-0.25, -0.2) is 4.79 Å². The minimum absolute atomic E-state index is 0.203. The normalized spacial score (nSPS) is 11.9. The Balaban J connectivity index is 1.81. The van der Waals surface area contributed by atoms with Crippen molar-refractivity contribution in [2.45, 2.75) is 19.5 Å². The van der Waals surface area contributed by atoms with Crippen molar-refractivity contribution in [3.05, 3.63) is 71.8 Å². The van der Waals surface area contributed by atoms with Gasteiger partial charge in [0.1, 0.15) is 6.61 Å². The van der Waals surface area contributed by atoms with Gasteiger partial charge in [-0.05, 0) is 11.1 Å². The van der Waals surface area contributed by atoms with E-state index in [1.165, 1.54) is 7.11 Å². The average Bonchev–Trinajstić information content (AvgIpc) is 2.55. The van der Waals surface area contributed by atoms with E-state index >= 15 is 0 Å². The van der Waals surface area contributed by atoms with Crippen LogP contribution in [-0.4, -0.2) is 19.4 Å². The first-order valence-electron chi connectivity index (χ1n) is 6.68. The quantitative estimate of drug-likeness (QED) is 0.580. The molecule has 2 aromatic rings. The second-order valence-electron chi connectivity index (χ2n) is 4.46. The van der Waals surface area contributed by atoms with Crippen LogP contribution in [-0.2, 0) is 32.2 Å². The molecule has 0 heterocycles. The zero-order valence-corrected chi connectivity index (χ0v) is 11.9. The molecule has 0 saturated carbocycles. The van der Waals surface area contributed by atoms with Crippen molar-refractivity contribution in [2.24, 2.45) is 0 Å². The van der Waals surface area contributed by atoms with Crippen molar-refractivity contribution in [1.82, 2.24) is 0 Å². The number of esters is 1. The van der Waals surface area contributed by atoms with Crippen LogP contribution in [0.1, 0.15) is 11.1 Å². The summed E-state index contributed by atoms with van der Waals surface area (Å²) in [5.74, 6) is -0.530. The SMILES string of the molecule is COC(OCc1ccccc1)C(=O)OCc1ccccc1. The highest BCUT2D eigenvalue weighted by Crippen LogP contribution is 2.07. The Bertz CT molecular complexity index is 539. The van der Waals surface area contributed by atoms with Gasteiger partial charge in [0.05, 0.1) is 6.61 Å². The zero-order valence-electron chi connectivity index (χ0n) is 11.9. The zero-order chi connectivity index (χ0) is 14.9. The van der Waals surface area contributed by atoms with Crippen LogP contribution in [0.4, 0.5) is 0 Å². The van der Waals surface area contributed by atoms with E-state index < -0.39 is 12.3 Å². The van der Waals surface area contributed by atoms with Gasteiger partial charge in [0, 0.05) is 7.11 Å². The van der Waals surface area contributed by atoms with E-state index in [1.807, 2.05) is 60.7 Å². The molecular weight excluding hydrogens is 268 g/mol. The second kappa shape index (κ2) is 8.19. The Labute approximate surface area is 124 Å². The summed E-state index contributed by atoms with van der Waals surface area (Å²) >= 11 is 0. The molecule has 0 aliphatic heterocycles. The molecule has 4 heteroatoms. The van der Waals surface area contributed by atoms with E-state index in [-0.39, 0.29) is 6.61 Å². The molecule has 0 aliphatic carbocycles. The molecule has 21 heavy (non-hydrogen) atoms. The molecule has 0 spiro atoms. The maximum absolute atomic E-state index is 11.9. The van der Waals surface area contributed by atoms with Crippen LogP contribution in [0, 0.1) is 0 Å². The monoisotopic (exact) mass is 286 g/mol. The van der Waals surface area contributed by atoms with E-state index in [9.17, 15) is 4.79 Å². The third-order valence-corrected chi connectivity index (χ3v) is 2.87. The third kappa shape index (κ3) is 5.02. The van der Waals surface area contributed by atoms with Crippen molar-refractivity contribution in [2.75, 3.05) is 7.11 Å². The average molecular weight is 286 g/mol. The molecular formula is C17H18O4. The van der Waals surface area contributed by atoms with Gasteiger partial charge in [0.15, 0.2) is 0 Å². The molecule has 0 bridgehead atoms. The van der Waals surface area contributed by atoms with Crippen LogP contribution in [0.2, 0.25) is 0 Å². The lowest BCUT2D eigenvalue weighted by Crippen LogP contribution is -2.28. The predicted octanol–water partition coefficient (Wildman–Crippen LogP) is 2.92. The molecule has 0 aromatic heterocycles. The highest BCUT2D eigenvalue weighted by Gasteiger charge is 2.20. The van der Waals surface area contributed by atoms with Crippen LogP contribution < -0.4 is 0 Å². The van der Waals surface area contributed by atoms with Gasteiger partial charge >= 0.3 is 5.97 Å². The second-order valence-corrected chi connectivity index (χ2v) is 4.46. The summed E-state index contributed by atoms with van der Waals surface area (Å²) in [6, 6.07) is 19.1. The van der Waals surface area contributed by atoms with E-state index in [0.717, 1.165) is 11.1 Å². The van der Waals surface area contributed by atoms with Crippen LogP contribution in [0.25, 0.3) is 0 Å². The fraction of sp³-hybridized carbons (Fsp3) is 0.235. The van der Waals surface area contributed by atoms with Crippen molar-refractivity contribution in [1.29, 1.82) is 0 Å². The maximum Gasteiger partial charge on any atom is 0.363 e. The molecule has 0 aliphatic rings. The van der Waals surface area contributed by atoms with Gasteiger partial charge in [0.2, 0.25) is 0 Å². The third-order valence-electron chi connectivity index (χ3n) is 2.87. The number of hydrogen-bond donors (Lipinski definition) is 0. The summed E-state index contributed by atoms with van der Waals surface area (Å²) in [4.78, 5) is 11.9. The molecule has 0 amide bonds. The molecule has 0 N–H and O–H groups in total. The number of benzene rings is 2. The van der Waals surface area contributed by atoms with E-state index in [1.54, 1.807) is 0 Å². The molecule has 0 saturated heterocycles. The fourth-order valence-corrected chi connectivity index (χ4v) is 1.78. The molecule has 1 atom stereocenters. The van der Waals surface area contributed by atoms with Crippen molar-refractivity contribution >= 4 is 5.97 Å². The lowest BCUT2D eigenvalue weighted by Gasteiger charge is -2.15. The van der Waals surface area contributed by atoms with Crippen LogP contribution >= 0.6 is 0 Å². The number of methoxy groups -OCH3 is 1. The maximum atomic E-state index is 11.9. The minimum Gasteiger partial charge on any atom is -0.457 e. The molecule has 0 radical (unpaired) electrons. The van der Waals surface area contributed by atoms with Crippen LogP contribution in [0.5, 0.6) is 0 Å². The van der Waals surface area contributed by atoms with Crippen molar-refractivity contribution in [3.63, 3.8) is 0 Å². The summed E-state index contributed by atoms with van der Waals surface area (Å²) in [7, 11) is 1.42. The Morgan fingerprint density at radius 2 is 1.43 bits per heavy atom. The van der Waals surface area contributed by atoms with Crippen molar-refractivity contribution in [3.8, 4) is 0 Å². The van der Waals surface area contributed by atoms with Gasteiger partial charge in [0.25, 0.3) is 6.29 Å². The smallest absolute Gasteiger partial charge is 0.363 e. The summed E-state index contributed by atoms with van der Waals surface area (Å²) < 4.78 is 15.6. The molecule has 2 rings (SSSR count). The van der Waals surface area contributed by atoms with Crippen LogP contribution in [0.3, 0.4) is 0 Å². The largest absolute Gasteiger partial charge is 0.457 e. The van der Waals surface area contributed by atoms with Crippen LogP contribution in [0.15, 0.2) is 60.7 Å². The summed E-state index contributed by atoms with van der Waals surface area (Å²) in [6.07, 6.45) is -1.02. The molecule has 2 aromatic carbocycles. The lowest BCUT2D eigenvalue weighted by molar-refractivity contribution is -0.193. The number of carbonyl (C=O) groups is 1. The standard InChI is InChI=1S/C17H18O4/c1-19-17(21-13-15-10-6-3-7-11-15)16(18)20-12-14-8-4-2-5-9-14/h2-11,17H,12-13H2,1H3. The van der Waals surface area contributed by atoms with E-state index in [4.69, 9.17) is 14.2 Å². The summed E-state index contributed by atoms with van der Waals surface area (Å²) in [5, 5.41) is 0. The first kappa shape index (κ1) is 15.2. The summed E-state index contributed by atoms with van der Waals surface area (Å²) in [5.41, 5.74) is 1.89. The Morgan fingerprint density at radius 3 is 1.95 bits per heavy atom. The first-order valence-corrected chi connectivity index (χ1v) is 6.68. The number of carbonyl (C=O) groups excluding carboxylic acids is 1. The minimum atomic E-state index is -1.02.